The monoisotopic (exact) mass is 557 g/mol. The normalized spacial score (nSPS) is 11.9. The first-order valence-corrected chi connectivity index (χ1v) is 15.5. The molecule has 0 unspecified atom stereocenters. The molecule has 0 aliphatic rings. The molecule has 41 heavy (non-hydrogen) atoms. The number of thiophene rings is 2. The highest BCUT2D eigenvalue weighted by Crippen LogP contribution is 2.46. The first-order valence-electron chi connectivity index (χ1n) is 13.9. The largest absolute Gasteiger partial charge is 0.308 e. The summed E-state index contributed by atoms with van der Waals surface area (Å²) in [5.74, 6) is 0. The smallest absolute Gasteiger partial charge is 0.0734 e. The zero-order chi connectivity index (χ0) is 26.9. The van der Waals surface area contributed by atoms with Gasteiger partial charge >= 0.3 is 0 Å². The summed E-state index contributed by atoms with van der Waals surface area (Å²) in [6.45, 7) is 0. The molecule has 0 spiro atoms. The quantitative estimate of drug-likeness (QED) is 0.204. The minimum atomic E-state index is 1.19. The molecule has 9 aromatic rings. The van der Waals surface area contributed by atoms with Gasteiger partial charge in [-0.25, -0.2) is 0 Å². The van der Waals surface area contributed by atoms with Crippen molar-refractivity contribution in [3.8, 4) is 27.9 Å². The summed E-state index contributed by atoms with van der Waals surface area (Å²) in [6.07, 6.45) is 0. The Balaban J connectivity index is 1.32. The van der Waals surface area contributed by atoms with Crippen molar-refractivity contribution in [1.29, 1.82) is 0 Å². The first-order chi connectivity index (χ1) is 20.3. The van der Waals surface area contributed by atoms with Gasteiger partial charge in [-0.3, -0.25) is 0 Å². The molecule has 1 nitrogen and oxygen atoms in total. The van der Waals surface area contributed by atoms with Crippen LogP contribution in [-0.2, 0) is 0 Å². The van der Waals surface area contributed by atoms with E-state index in [1.807, 2.05) is 22.7 Å². The molecule has 0 radical (unpaired) electrons. The standard InChI is InChI=1S/C38H23NS2/c1-2-13-26(14-3-1)39-32-20-6-4-16-31(32)38-36(39)35-27(17-10-22-34(35)41-38)24-11-8-12-25(23-24)28-18-9-19-30-29-15-5-7-21-33(29)40-37(28)30/h1-23H. The Kier molecular flexibility index (Phi) is 5.00. The Morgan fingerprint density at radius 3 is 1.98 bits per heavy atom. The van der Waals surface area contributed by atoms with E-state index >= 15 is 0 Å². The van der Waals surface area contributed by atoms with Gasteiger partial charge in [-0.2, -0.15) is 0 Å². The maximum absolute atomic E-state index is 2.45. The van der Waals surface area contributed by atoms with E-state index in [0.29, 0.717) is 0 Å². The van der Waals surface area contributed by atoms with Crippen molar-refractivity contribution in [2.45, 2.75) is 0 Å². The van der Waals surface area contributed by atoms with E-state index in [1.165, 1.54) is 79.3 Å². The molecule has 0 fully saturated rings. The highest BCUT2D eigenvalue weighted by atomic mass is 32.1. The highest BCUT2D eigenvalue weighted by molar-refractivity contribution is 7.27. The Labute approximate surface area is 245 Å². The van der Waals surface area contributed by atoms with E-state index in [4.69, 9.17) is 0 Å². The molecule has 192 valence electrons. The van der Waals surface area contributed by atoms with Gasteiger partial charge in [0, 0.05) is 41.3 Å². The predicted octanol–water partition coefficient (Wildman–Crippen LogP) is 11.7. The number of aromatic nitrogens is 1. The molecule has 0 saturated heterocycles. The topological polar surface area (TPSA) is 4.93 Å². The van der Waals surface area contributed by atoms with Crippen LogP contribution in [-0.4, -0.2) is 4.57 Å². The lowest BCUT2D eigenvalue weighted by atomic mass is 9.96. The van der Waals surface area contributed by atoms with Crippen molar-refractivity contribution in [2.24, 2.45) is 0 Å². The van der Waals surface area contributed by atoms with Crippen LogP contribution in [0.15, 0.2) is 140 Å². The molecule has 0 amide bonds. The Morgan fingerprint density at radius 1 is 0.439 bits per heavy atom. The van der Waals surface area contributed by atoms with Gasteiger partial charge < -0.3 is 4.57 Å². The van der Waals surface area contributed by atoms with Crippen LogP contribution >= 0.6 is 22.7 Å². The summed E-state index contributed by atoms with van der Waals surface area (Å²) in [7, 11) is 0. The lowest BCUT2D eigenvalue weighted by Crippen LogP contribution is -1.93. The fourth-order valence-electron chi connectivity index (χ4n) is 6.42. The summed E-state index contributed by atoms with van der Waals surface area (Å²) in [5, 5.41) is 5.31. The van der Waals surface area contributed by atoms with E-state index in [-0.39, 0.29) is 0 Å². The summed E-state index contributed by atoms with van der Waals surface area (Å²) >= 11 is 3.79. The van der Waals surface area contributed by atoms with Crippen molar-refractivity contribution in [1.82, 2.24) is 4.57 Å². The average Bonchev–Trinajstić information content (AvgIpc) is 3.70. The molecular weight excluding hydrogens is 535 g/mol. The minimum absolute atomic E-state index is 1.19. The van der Waals surface area contributed by atoms with Crippen LogP contribution < -0.4 is 0 Å². The van der Waals surface area contributed by atoms with Gasteiger partial charge in [0.25, 0.3) is 0 Å². The number of rotatable bonds is 3. The summed E-state index contributed by atoms with van der Waals surface area (Å²) in [6, 6.07) is 50.9. The van der Waals surface area contributed by atoms with Gasteiger partial charge in [0.15, 0.2) is 0 Å². The fourth-order valence-corrected chi connectivity index (χ4v) is 8.91. The summed E-state index contributed by atoms with van der Waals surface area (Å²) in [4.78, 5) is 0. The number of fused-ring (bicyclic) bond motifs is 8. The van der Waals surface area contributed by atoms with E-state index in [1.54, 1.807) is 0 Å². The van der Waals surface area contributed by atoms with Gasteiger partial charge in [0.05, 0.1) is 15.7 Å². The lowest BCUT2D eigenvalue weighted by Gasteiger charge is -2.11. The van der Waals surface area contributed by atoms with Crippen molar-refractivity contribution in [3.05, 3.63) is 140 Å². The maximum Gasteiger partial charge on any atom is 0.0734 e. The van der Waals surface area contributed by atoms with Crippen LogP contribution in [0.4, 0.5) is 0 Å². The zero-order valence-corrected chi connectivity index (χ0v) is 23.7. The zero-order valence-electron chi connectivity index (χ0n) is 22.0. The minimum Gasteiger partial charge on any atom is -0.308 e. The van der Waals surface area contributed by atoms with Crippen LogP contribution in [0.1, 0.15) is 0 Å². The average molecular weight is 558 g/mol. The molecule has 3 heteroatoms. The highest BCUT2D eigenvalue weighted by Gasteiger charge is 2.20. The second-order valence-electron chi connectivity index (χ2n) is 10.5. The van der Waals surface area contributed by atoms with Crippen molar-refractivity contribution in [3.63, 3.8) is 0 Å². The van der Waals surface area contributed by atoms with Gasteiger partial charge in [0.1, 0.15) is 0 Å². The maximum atomic E-state index is 2.45. The molecule has 0 bridgehead atoms. The number of hydrogen-bond acceptors (Lipinski definition) is 2. The molecule has 0 saturated carbocycles. The molecule has 9 rings (SSSR count). The third-order valence-corrected chi connectivity index (χ3v) is 10.6. The number of benzene rings is 6. The van der Waals surface area contributed by atoms with Gasteiger partial charge in [-0.1, -0.05) is 103 Å². The Bertz CT molecular complexity index is 2420. The number of nitrogens with zero attached hydrogens (tertiary/aromatic N) is 1. The van der Waals surface area contributed by atoms with Crippen molar-refractivity contribution < 1.29 is 0 Å². The second kappa shape index (κ2) is 8.90. The van der Waals surface area contributed by atoms with Gasteiger partial charge in [-0.05, 0) is 58.7 Å². The first kappa shape index (κ1) is 23.0. The molecule has 0 atom stereocenters. The van der Waals surface area contributed by atoms with Crippen LogP contribution in [0, 0.1) is 0 Å². The number of hydrogen-bond donors (Lipinski definition) is 0. The van der Waals surface area contributed by atoms with Gasteiger partial charge in [-0.15, -0.1) is 22.7 Å². The molecular formula is C38H23NS2. The second-order valence-corrected chi connectivity index (χ2v) is 12.6. The molecule has 0 aliphatic carbocycles. The predicted molar refractivity (Wildman–Crippen MR) is 180 cm³/mol. The Hall–Kier alpha value is -4.70. The fraction of sp³-hybridized carbons (Fsp3) is 0. The van der Waals surface area contributed by atoms with Crippen LogP contribution in [0.2, 0.25) is 0 Å². The van der Waals surface area contributed by atoms with Crippen LogP contribution in [0.25, 0.3) is 79.3 Å². The molecule has 0 aliphatic heterocycles. The third kappa shape index (κ3) is 3.40. The SMILES string of the molecule is c1ccc(-n2c3ccccc3c3sc4cccc(-c5cccc(-c6cccc7c6sc6ccccc67)c5)c4c32)cc1. The van der Waals surface area contributed by atoms with Gasteiger partial charge in [0.2, 0.25) is 0 Å². The molecule has 3 aromatic heterocycles. The molecule has 3 heterocycles. The summed E-state index contributed by atoms with van der Waals surface area (Å²) < 4.78 is 7.81. The van der Waals surface area contributed by atoms with Crippen molar-refractivity contribution >= 4 is 74.1 Å². The van der Waals surface area contributed by atoms with E-state index < -0.39 is 0 Å². The van der Waals surface area contributed by atoms with Crippen molar-refractivity contribution in [2.75, 3.05) is 0 Å². The third-order valence-electron chi connectivity index (χ3n) is 8.21. The van der Waals surface area contributed by atoms with E-state index in [0.717, 1.165) is 0 Å². The molecule has 0 N–H and O–H groups in total. The van der Waals surface area contributed by atoms with Crippen LogP contribution in [0.5, 0.6) is 0 Å². The number of para-hydroxylation sites is 2. The molecule has 6 aromatic carbocycles. The van der Waals surface area contributed by atoms with E-state index in [9.17, 15) is 0 Å². The van der Waals surface area contributed by atoms with Crippen LogP contribution in [0.3, 0.4) is 0 Å². The summed E-state index contributed by atoms with van der Waals surface area (Å²) in [5.41, 5.74) is 8.82. The van der Waals surface area contributed by atoms with E-state index in [2.05, 4.69) is 144 Å². The lowest BCUT2D eigenvalue weighted by molar-refractivity contribution is 1.19. The Morgan fingerprint density at radius 2 is 1.07 bits per heavy atom.